The molecular weight excluding hydrogens is 353 g/mol. The Morgan fingerprint density at radius 1 is 1.11 bits per heavy atom. The Bertz CT molecular complexity index is 997. The second-order valence-electron chi connectivity index (χ2n) is 7.52. The fraction of sp³-hybridized carbons (Fsp3) is 0.304. The second kappa shape index (κ2) is 7.58. The average Bonchev–Trinajstić information content (AvgIpc) is 2.63. The summed E-state index contributed by atoms with van der Waals surface area (Å²) in [6.45, 7) is 4.42. The van der Waals surface area contributed by atoms with Crippen LogP contribution in [0, 0.1) is 19.7 Å². The molecular formula is C23H24FN3O. The number of hydrogen-bond donors (Lipinski definition) is 1. The van der Waals surface area contributed by atoms with Crippen molar-refractivity contribution in [3.05, 3.63) is 70.8 Å². The molecule has 144 valence electrons. The van der Waals surface area contributed by atoms with Crippen LogP contribution in [0.4, 0.5) is 10.2 Å². The summed E-state index contributed by atoms with van der Waals surface area (Å²) in [5, 5.41) is 0. The van der Waals surface area contributed by atoms with Gasteiger partial charge in [-0.3, -0.25) is 4.98 Å². The molecule has 0 saturated heterocycles. The third-order valence-corrected chi connectivity index (χ3v) is 5.50. The number of ether oxygens (including phenoxy) is 1. The minimum atomic E-state index is -0.381. The molecule has 0 atom stereocenters. The van der Waals surface area contributed by atoms with E-state index < -0.39 is 0 Å². The van der Waals surface area contributed by atoms with E-state index in [0.717, 1.165) is 35.1 Å². The Balaban J connectivity index is 1.71. The highest BCUT2D eigenvalue weighted by atomic mass is 19.1. The van der Waals surface area contributed by atoms with Crippen molar-refractivity contribution in [1.82, 2.24) is 9.97 Å². The topological polar surface area (TPSA) is 61.0 Å². The minimum absolute atomic E-state index is 0.307. The maximum Gasteiger partial charge on any atom is 0.174 e. The molecule has 1 fully saturated rings. The molecule has 5 heteroatoms. The Hall–Kier alpha value is -2.95. The summed E-state index contributed by atoms with van der Waals surface area (Å²) in [4.78, 5) is 8.25. The molecule has 0 aliphatic heterocycles. The van der Waals surface area contributed by atoms with Gasteiger partial charge >= 0.3 is 0 Å². The first kappa shape index (κ1) is 18.4. The molecule has 2 N–H and O–H groups in total. The predicted octanol–water partition coefficient (Wildman–Crippen LogP) is 5.33. The number of aryl methyl sites for hydroxylation is 2. The molecule has 2 aromatic carbocycles. The third kappa shape index (κ3) is 3.57. The lowest BCUT2D eigenvalue weighted by Crippen LogP contribution is -2.12. The van der Waals surface area contributed by atoms with E-state index in [2.05, 4.69) is 28.2 Å². The van der Waals surface area contributed by atoms with E-state index in [1.165, 1.54) is 18.8 Å². The molecule has 3 aromatic rings. The van der Waals surface area contributed by atoms with Gasteiger partial charge in [0, 0.05) is 11.1 Å². The van der Waals surface area contributed by atoms with Crippen molar-refractivity contribution in [2.75, 3.05) is 5.73 Å². The van der Waals surface area contributed by atoms with Crippen LogP contribution >= 0.6 is 0 Å². The van der Waals surface area contributed by atoms with E-state index in [0.29, 0.717) is 35.3 Å². The minimum Gasteiger partial charge on any atom is -0.485 e. The van der Waals surface area contributed by atoms with E-state index >= 15 is 4.39 Å². The normalized spacial score (nSPS) is 14.0. The van der Waals surface area contributed by atoms with Crippen molar-refractivity contribution in [3.8, 4) is 17.0 Å². The number of anilines is 1. The summed E-state index contributed by atoms with van der Waals surface area (Å²) in [5.41, 5.74) is 10.7. The molecule has 1 aromatic heterocycles. The molecule has 0 spiro atoms. The van der Waals surface area contributed by atoms with E-state index in [-0.39, 0.29) is 5.82 Å². The monoisotopic (exact) mass is 377 g/mol. The first-order valence-electron chi connectivity index (χ1n) is 9.62. The zero-order chi connectivity index (χ0) is 19.7. The lowest BCUT2D eigenvalue weighted by Gasteiger charge is -2.28. The standard InChI is InChI=1S/C23H24FN3O/c1-14-6-7-15(2)17(10-14)13-28-23-18(16-4-3-5-16)8-9-19(22(23)24)20-11-27-21(25)12-26-20/h6-12,16H,3-5,13H2,1-2H3,(H2,25,27). The largest absolute Gasteiger partial charge is 0.485 e. The van der Waals surface area contributed by atoms with Crippen LogP contribution in [0.3, 0.4) is 0 Å². The third-order valence-electron chi connectivity index (χ3n) is 5.50. The van der Waals surface area contributed by atoms with Gasteiger partial charge in [0.15, 0.2) is 11.6 Å². The summed E-state index contributed by atoms with van der Waals surface area (Å²) >= 11 is 0. The van der Waals surface area contributed by atoms with Gasteiger partial charge in [-0.1, -0.05) is 36.2 Å². The molecule has 4 nitrogen and oxygen atoms in total. The molecule has 1 aliphatic rings. The van der Waals surface area contributed by atoms with E-state index in [1.807, 2.05) is 19.9 Å². The highest BCUT2D eigenvalue weighted by Crippen LogP contribution is 2.44. The van der Waals surface area contributed by atoms with Crippen LogP contribution in [-0.2, 0) is 6.61 Å². The summed E-state index contributed by atoms with van der Waals surface area (Å²) < 4.78 is 21.6. The number of benzene rings is 2. The summed E-state index contributed by atoms with van der Waals surface area (Å²) in [6.07, 6.45) is 6.24. The van der Waals surface area contributed by atoms with E-state index in [9.17, 15) is 0 Å². The van der Waals surface area contributed by atoms with Gasteiger partial charge in [0.05, 0.1) is 18.1 Å². The first-order chi connectivity index (χ1) is 13.5. The van der Waals surface area contributed by atoms with Crippen LogP contribution in [0.2, 0.25) is 0 Å². The van der Waals surface area contributed by atoms with Crippen molar-refractivity contribution in [3.63, 3.8) is 0 Å². The van der Waals surface area contributed by atoms with Crippen LogP contribution < -0.4 is 10.5 Å². The van der Waals surface area contributed by atoms with Crippen LogP contribution in [0.15, 0.2) is 42.7 Å². The smallest absolute Gasteiger partial charge is 0.174 e. The highest BCUT2D eigenvalue weighted by molar-refractivity contribution is 5.64. The maximum atomic E-state index is 15.5. The van der Waals surface area contributed by atoms with Crippen LogP contribution in [0.1, 0.15) is 47.4 Å². The molecule has 1 heterocycles. The SMILES string of the molecule is Cc1ccc(C)c(COc2c(C3CCC3)ccc(-c3cnc(N)cn3)c2F)c1. The van der Waals surface area contributed by atoms with Gasteiger partial charge in [-0.15, -0.1) is 0 Å². The average molecular weight is 377 g/mol. The number of nitrogens with two attached hydrogens (primary N) is 1. The quantitative estimate of drug-likeness (QED) is 0.653. The molecule has 28 heavy (non-hydrogen) atoms. The molecule has 1 saturated carbocycles. The molecule has 4 rings (SSSR count). The predicted molar refractivity (Wildman–Crippen MR) is 109 cm³/mol. The van der Waals surface area contributed by atoms with Crippen LogP contribution in [-0.4, -0.2) is 9.97 Å². The van der Waals surface area contributed by atoms with Crippen LogP contribution in [0.5, 0.6) is 5.75 Å². The highest BCUT2D eigenvalue weighted by Gasteiger charge is 2.27. The molecule has 0 amide bonds. The number of rotatable bonds is 5. The lowest BCUT2D eigenvalue weighted by atomic mass is 9.79. The number of hydrogen-bond acceptors (Lipinski definition) is 4. The van der Waals surface area contributed by atoms with Crippen molar-refractivity contribution in [2.24, 2.45) is 0 Å². The Labute approximate surface area is 164 Å². The van der Waals surface area contributed by atoms with Gasteiger partial charge in [-0.2, -0.15) is 0 Å². The van der Waals surface area contributed by atoms with Gasteiger partial charge in [0.2, 0.25) is 0 Å². The molecule has 0 bridgehead atoms. The lowest BCUT2D eigenvalue weighted by molar-refractivity contribution is 0.278. The summed E-state index contributed by atoms with van der Waals surface area (Å²) in [7, 11) is 0. The first-order valence-corrected chi connectivity index (χ1v) is 9.62. The number of nitrogen functional groups attached to an aromatic ring is 1. The van der Waals surface area contributed by atoms with Gasteiger partial charge in [-0.05, 0) is 49.8 Å². The van der Waals surface area contributed by atoms with E-state index in [4.69, 9.17) is 10.5 Å². The van der Waals surface area contributed by atoms with Crippen molar-refractivity contribution < 1.29 is 9.13 Å². The van der Waals surface area contributed by atoms with E-state index in [1.54, 1.807) is 6.07 Å². The fourth-order valence-corrected chi connectivity index (χ4v) is 3.54. The molecule has 1 aliphatic carbocycles. The van der Waals surface area contributed by atoms with Gasteiger partial charge < -0.3 is 10.5 Å². The van der Waals surface area contributed by atoms with Crippen LogP contribution in [0.25, 0.3) is 11.3 Å². The molecule has 0 radical (unpaired) electrons. The van der Waals surface area contributed by atoms with Gasteiger partial charge in [0.25, 0.3) is 0 Å². The maximum absolute atomic E-state index is 15.5. The number of nitrogens with zero attached hydrogens (tertiary/aromatic N) is 2. The number of halogens is 1. The van der Waals surface area contributed by atoms with Crippen molar-refractivity contribution in [2.45, 2.75) is 45.6 Å². The summed E-state index contributed by atoms with van der Waals surface area (Å²) in [6, 6.07) is 9.97. The van der Waals surface area contributed by atoms with Crippen molar-refractivity contribution >= 4 is 5.82 Å². The Morgan fingerprint density at radius 2 is 1.93 bits per heavy atom. The van der Waals surface area contributed by atoms with Gasteiger partial charge in [0.1, 0.15) is 12.4 Å². The second-order valence-corrected chi connectivity index (χ2v) is 7.52. The Kier molecular flexibility index (Phi) is 4.99. The zero-order valence-corrected chi connectivity index (χ0v) is 16.2. The number of aromatic nitrogens is 2. The Morgan fingerprint density at radius 3 is 2.61 bits per heavy atom. The molecule has 0 unspecified atom stereocenters. The van der Waals surface area contributed by atoms with Gasteiger partial charge in [-0.25, -0.2) is 9.37 Å². The zero-order valence-electron chi connectivity index (χ0n) is 16.2. The summed E-state index contributed by atoms with van der Waals surface area (Å²) in [5.74, 6) is 0.617. The van der Waals surface area contributed by atoms with Crippen molar-refractivity contribution in [1.29, 1.82) is 0 Å². The fourth-order valence-electron chi connectivity index (χ4n) is 3.54.